The van der Waals surface area contributed by atoms with Gasteiger partial charge < -0.3 is 74.0 Å². The molecule has 1 aliphatic heterocycles. The maximum absolute atomic E-state index is 15.1. The molecular weight excluding hydrogens is 1540 g/mol. The van der Waals surface area contributed by atoms with E-state index >= 15 is 4.79 Å². The predicted octanol–water partition coefficient (Wildman–Crippen LogP) is 22.0. The number of hydrogen-bond donors (Lipinski definition) is 8. The van der Waals surface area contributed by atoms with Crippen LogP contribution in [0.25, 0.3) is 0 Å². The van der Waals surface area contributed by atoms with E-state index in [4.69, 9.17) is 37.7 Å². The zero-order chi connectivity index (χ0) is 87.4. The Labute approximate surface area is 723 Å². The van der Waals surface area contributed by atoms with E-state index in [-0.39, 0.29) is 32.1 Å². The number of ether oxygens (including phenoxy) is 7. The first-order valence-electron chi connectivity index (χ1n) is 49.2. The Morgan fingerprint density at radius 2 is 0.689 bits per heavy atom. The van der Waals surface area contributed by atoms with Crippen LogP contribution in [-0.2, 0) is 71.0 Å². The van der Waals surface area contributed by atoms with Crippen molar-refractivity contribution in [2.75, 3.05) is 39.6 Å². The van der Waals surface area contributed by atoms with Gasteiger partial charge in [0.1, 0.15) is 36.6 Å². The Hall–Kier alpha value is -3.35. The van der Waals surface area contributed by atoms with Crippen LogP contribution in [-0.4, -0.2) is 161 Å². The summed E-state index contributed by atoms with van der Waals surface area (Å²) in [4.78, 5) is 107. The highest BCUT2D eigenvalue weighted by atomic mass is 31.2. The quantitative estimate of drug-likeness (QED) is 0.00922. The zero-order valence-corrected chi connectivity index (χ0v) is 77.5. The molecule has 9 atom stereocenters. The number of aliphatic hydroxyl groups is 4. The van der Waals surface area contributed by atoms with Crippen molar-refractivity contribution in [2.24, 2.45) is 5.41 Å². The van der Waals surface area contributed by atoms with Crippen LogP contribution in [0.15, 0.2) is 0 Å². The summed E-state index contributed by atoms with van der Waals surface area (Å²) in [5.41, 5.74) is -1.69. The Kier molecular flexibility index (Phi) is 75.7. The SMILES string of the molecule is CCCCCCCCCCCCCC(=O)O[C@H](CCCCCCCCCCC)CC(=O)NCC(CO)(COCC(O)O)COC1OC(CO)[C@@H](OP(=O)(O)O)[C@H](OC(=O)C[C@@H](CCCCCCCCCCC)OC(=O)CCCCCCCCCCC)[C@@H]1NC(=O)C[C@@H](CCCCCCCCCCC)OC(=O)CCCCCCCCCCCCC. The molecule has 119 heavy (non-hydrogen) atoms. The number of phosphoric acid groups is 1. The van der Waals surface area contributed by atoms with Crippen LogP contribution in [0.5, 0.6) is 0 Å². The number of unbranched alkanes of at least 4 members (excludes halogenated alkanes) is 52. The van der Waals surface area contributed by atoms with Gasteiger partial charge in [-0.25, -0.2) is 4.57 Å². The summed E-state index contributed by atoms with van der Waals surface area (Å²) in [5, 5.41) is 48.5. The predicted molar refractivity (Wildman–Crippen MR) is 475 cm³/mol. The van der Waals surface area contributed by atoms with E-state index in [9.17, 15) is 58.8 Å². The van der Waals surface area contributed by atoms with Crippen molar-refractivity contribution in [3.63, 3.8) is 0 Å². The minimum atomic E-state index is -5.60. The van der Waals surface area contributed by atoms with E-state index in [1.54, 1.807) is 0 Å². The molecule has 0 aliphatic carbocycles. The lowest BCUT2D eigenvalue weighted by Gasteiger charge is -2.46. The first kappa shape index (κ1) is 114. The molecule has 1 aliphatic rings. The molecule has 1 fully saturated rings. The summed E-state index contributed by atoms with van der Waals surface area (Å²) < 4.78 is 62.1. The van der Waals surface area contributed by atoms with Crippen LogP contribution in [0.1, 0.15) is 472 Å². The molecule has 0 bridgehead atoms. The molecule has 0 aromatic carbocycles. The first-order valence-corrected chi connectivity index (χ1v) is 50.8. The van der Waals surface area contributed by atoms with Gasteiger partial charge in [-0.2, -0.15) is 0 Å². The Morgan fingerprint density at radius 1 is 0.387 bits per heavy atom. The number of phosphoric ester groups is 1. The van der Waals surface area contributed by atoms with Gasteiger partial charge >= 0.3 is 31.7 Å². The van der Waals surface area contributed by atoms with Crippen molar-refractivity contribution in [3.8, 4) is 0 Å². The Bertz CT molecular complexity index is 2440. The third kappa shape index (κ3) is 66.7. The van der Waals surface area contributed by atoms with Gasteiger partial charge in [-0.1, -0.05) is 375 Å². The average Bonchev–Trinajstić information content (AvgIpc) is 0.777. The molecule has 3 unspecified atom stereocenters. The fourth-order valence-corrected chi connectivity index (χ4v) is 16.5. The summed E-state index contributed by atoms with van der Waals surface area (Å²) in [6.07, 6.45) is 49.5. The van der Waals surface area contributed by atoms with E-state index < -0.39 is 157 Å². The molecule has 0 radical (unpaired) electrons. The maximum atomic E-state index is 15.1. The molecule has 2 amide bonds. The third-order valence-corrected chi connectivity index (χ3v) is 23.9. The molecule has 8 N–H and O–H groups in total. The second-order valence-corrected chi connectivity index (χ2v) is 36.2. The standard InChI is InChI=1S/C95H181N2O21P/c1-7-13-19-25-31-37-39-45-51-57-62-68-87(104)113-80(65-59-53-47-41-33-27-21-15-9-3)71-84(100)96-76-95(77-99,78-111-75-86(102)103)79-112-94-91(97-85(101)72-81(66-60-54-48-42-34-28-22-16-10-4)114-88(105)69-63-58-52-46-40-38-32-26-20-14-8-2)93(92(83(74-98)116-94)118-119(108,109)110)117-90(107)73-82(67-61-55-49-43-35-29-23-17-11-5)115-89(106)70-64-56-50-44-36-30-24-18-12-6/h80-83,86,91-94,98-99,102-103H,7-79H2,1-6H3,(H,96,100)(H,97,101)(H2,108,109,110)/t80-,81-,82-,83?,91+,92-,93-,94?,95?/m1/s1. The Morgan fingerprint density at radius 3 is 0.992 bits per heavy atom. The average molecular weight is 1720 g/mol. The van der Waals surface area contributed by atoms with Crippen molar-refractivity contribution in [3.05, 3.63) is 0 Å². The van der Waals surface area contributed by atoms with Crippen molar-refractivity contribution in [1.29, 1.82) is 0 Å². The summed E-state index contributed by atoms with van der Waals surface area (Å²) in [6, 6.07) is -1.77. The number of amides is 2. The maximum Gasteiger partial charge on any atom is 0.470 e. The fraction of sp³-hybridized carbons (Fsp3) is 0.937. The number of hydrogen-bond acceptors (Lipinski definition) is 19. The number of esters is 4. The van der Waals surface area contributed by atoms with Crippen molar-refractivity contribution >= 4 is 43.5 Å². The molecule has 23 nitrogen and oxygen atoms in total. The van der Waals surface area contributed by atoms with E-state index in [0.717, 1.165) is 173 Å². The molecule has 0 aromatic rings. The second-order valence-electron chi connectivity index (χ2n) is 35.0. The summed E-state index contributed by atoms with van der Waals surface area (Å²) >= 11 is 0. The second kappa shape index (κ2) is 79.3. The monoisotopic (exact) mass is 1720 g/mol. The summed E-state index contributed by atoms with van der Waals surface area (Å²) in [7, 11) is -5.60. The van der Waals surface area contributed by atoms with Crippen LogP contribution >= 0.6 is 7.82 Å². The molecule has 1 saturated heterocycles. The van der Waals surface area contributed by atoms with Crippen LogP contribution in [0.3, 0.4) is 0 Å². The highest BCUT2D eigenvalue weighted by Gasteiger charge is 2.53. The minimum Gasteiger partial charge on any atom is -0.462 e. The van der Waals surface area contributed by atoms with Gasteiger partial charge in [-0.15, -0.1) is 0 Å². The number of carbonyl (C=O) groups excluding carboxylic acids is 6. The topological polar surface area (TPSA) is 339 Å². The van der Waals surface area contributed by atoms with Crippen molar-refractivity contribution in [1.82, 2.24) is 10.6 Å². The van der Waals surface area contributed by atoms with Gasteiger partial charge in [0.05, 0.1) is 57.7 Å². The molecule has 0 spiro atoms. The van der Waals surface area contributed by atoms with Crippen LogP contribution in [0.2, 0.25) is 0 Å². The smallest absolute Gasteiger partial charge is 0.462 e. The summed E-state index contributed by atoms with van der Waals surface area (Å²) in [6.45, 7) is 9.16. The van der Waals surface area contributed by atoms with Crippen LogP contribution in [0, 0.1) is 5.41 Å². The number of rotatable bonds is 88. The fourth-order valence-electron chi connectivity index (χ4n) is 15.9. The van der Waals surface area contributed by atoms with Crippen LogP contribution in [0.4, 0.5) is 0 Å². The lowest BCUT2D eigenvalue weighted by molar-refractivity contribution is -0.279. The highest BCUT2D eigenvalue weighted by molar-refractivity contribution is 7.46. The molecule has 24 heteroatoms. The third-order valence-electron chi connectivity index (χ3n) is 23.4. The van der Waals surface area contributed by atoms with Crippen molar-refractivity contribution < 1.29 is 101 Å². The Balaban J connectivity index is 3.99. The minimum absolute atomic E-state index is 0.122. The molecule has 1 rings (SSSR count). The number of nitrogens with one attached hydrogen (secondary N) is 2. The largest absolute Gasteiger partial charge is 0.470 e. The molecule has 702 valence electrons. The van der Waals surface area contributed by atoms with Crippen LogP contribution < -0.4 is 10.6 Å². The van der Waals surface area contributed by atoms with Gasteiger partial charge in [-0.05, 0) is 57.8 Å². The zero-order valence-electron chi connectivity index (χ0n) is 76.6. The number of carbonyl (C=O) groups is 6. The lowest BCUT2D eigenvalue weighted by atomic mass is 9.90. The van der Waals surface area contributed by atoms with Gasteiger partial charge in [0.15, 0.2) is 18.7 Å². The molecule has 0 saturated carbocycles. The van der Waals surface area contributed by atoms with Gasteiger partial charge in [0.25, 0.3) is 0 Å². The summed E-state index contributed by atoms with van der Waals surface area (Å²) in [5.74, 6) is -3.68. The van der Waals surface area contributed by atoms with E-state index in [1.165, 1.54) is 161 Å². The first-order chi connectivity index (χ1) is 57.7. The molecule has 0 aromatic heterocycles. The normalized spacial score (nSPS) is 16.9. The lowest BCUT2D eigenvalue weighted by Crippen LogP contribution is -2.67. The molecule has 1 heterocycles. The van der Waals surface area contributed by atoms with Gasteiger partial charge in [-0.3, -0.25) is 33.3 Å². The van der Waals surface area contributed by atoms with E-state index in [0.29, 0.717) is 51.4 Å². The highest BCUT2D eigenvalue weighted by Crippen LogP contribution is 2.43. The van der Waals surface area contributed by atoms with E-state index in [2.05, 4.69) is 52.2 Å². The van der Waals surface area contributed by atoms with Gasteiger partial charge in [0, 0.05) is 25.8 Å². The molecular formula is C95H181N2O21P. The number of aliphatic hydroxyl groups excluding tert-OH is 3. The van der Waals surface area contributed by atoms with Crippen molar-refractivity contribution in [2.45, 2.75) is 527 Å². The van der Waals surface area contributed by atoms with Gasteiger partial charge in [0.2, 0.25) is 11.8 Å². The van der Waals surface area contributed by atoms with E-state index in [1.807, 2.05) is 0 Å².